The lowest BCUT2D eigenvalue weighted by Gasteiger charge is -2.32. The van der Waals surface area contributed by atoms with Gasteiger partial charge in [-0.05, 0) is 38.5 Å². The summed E-state index contributed by atoms with van der Waals surface area (Å²) in [5.41, 5.74) is 0.401. The first-order chi connectivity index (χ1) is 8.41. The molecule has 0 unspecified atom stereocenters. The summed E-state index contributed by atoms with van der Waals surface area (Å²) < 4.78 is 12.1. The molecule has 1 fully saturated rings. The fourth-order valence-corrected chi connectivity index (χ4v) is 2.26. The molecule has 0 aliphatic carbocycles. The van der Waals surface area contributed by atoms with Crippen molar-refractivity contribution in [1.29, 1.82) is 0 Å². The van der Waals surface area contributed by atoms with Crippen molar-refractivity contribution in [2.24, 2.45) is 0 Å². The van der Waals surface area contributed by atoms with Gasteiger partial charge in [0.05, 0.1) is 16.8 Å². The van der Waals surface area contributed by atoms with E-state index in [9.17, 15) is 0 Å². The zero-order chi connectivity index (χ0) is 13.0. The molecule has 0 atom stereocenters. The van der Waals surface area contributed by atoms with Gasteiger partial charge in [0.15, 0.2) is 0 Å². The highest BCUT2D eigenvalue weighted by molar-refractivity contribution is 6.64. The van der Waals surface area contributed by atoms with Crippen LogP contribution in [0.5, 0.6) is 0 Å². The maximum Gasteiger partial charge on any atom is 0.512 e. The molecule has 0 spiro atoms. The molecule has 1 aromatic carbocycles. The monoisotopic (exact) mass is 243 g/mol. The summed E-state index contributed by atoms with van der Waals surface area (Å²) in [4.78, 5) is 3.28. The molecule has 2 aromatic rings. The number of hydrogen-bond donors (Lipinski definition) is 1. The van der Waals surface area contributed by atoms with Crippen LogP contribution >= 0.6 is 0 Å². The Morgan fingerprint density at radius 1 is 1.00 bits per heavy atom. The molecule has 18 heavy (non-hydrogen) atoms. The van der Waals surface area contributed by atoms with E-state index < -0.39 is 0 Å². The van der Waals surface area contributed by atoms with Crippen LogP contribution in [0.15, 0.2) is 30.5 Å². The highest BCUT2D eigenvalue weighted by Crippen LogP contribution is 2.36. The molecule has 0 saturated carbocycles. The second kappa shape index (κ2) is 3.62. The summed E-state index contributed by atoms with van der Waals surface area (Å²) in [5.74, 6) is 0. The van der Waals surface area contributed by atoms with E-state index in [1.807, 2.05) is 18.3 Å². The third-order valence-electron chi connectivity index (χ3n) is 4.12. The number of nitrogens with one attached hydrogen (secondary N) is 1. The van der Waals surface area contributed by atoms with E-state index in [0.717, 1.165) is 11.0 Å². The maximum absolute atomic E-state index is 6.06. The Balaban J connectivity index is 2.03. The summed E-state index contributed by atoms with van der Waals surface area (Å²) >= 11 is 0. The first kappa shape index (κ1) is 11.8. The van der Waals surface area contributed by atoms with Crippen LogP contribution in [-0.4, -0.2) is 23.3 Å². The molecule has 3 rings (SSSR count). The normalized spacial score (nSPS) is 21.7. The van der Waals surface area contributed by atoms with Crippen LogP contribution in [0, 0.1) is 0 Å². The van der Waals surface area contributed by atoms with E-state index in [1.165, 1.54) is 5.39 Å². The minimum absolute atomic E-state index is 0.302. The van der Waals surface area contributed by atoms with Gasteiger partial charge in [0.2, 0.25) is 0 Å². The van der Waals surface area contributed by atoms with E-state index in [2.05, 4.69) is 44.8 Å². The van der Waals surface area contributed by atoms with Crippen molar-refractivity contribution in [3.63, 3.8) is 0 Å². The van der Waals surface area contributed by atoms with Crippen molar-refractivity contribution in [2.75, 3.05) is 0 Å². The maximum atomic E-state index is 6.06. The van der Waals surface area contributed by atoms with E-state index in [0.29, 0.717) is 0 Å². The van der Waals surface area contributed by atoms with Crippen molar-refractivity contribution >= 4 is 23.5 Å². The third kappa shape index (κ3) is 1.60. The van der Waals surface area contributed by atoms with Crippen LogP contribution in [-0.2, 0) is 9.31 Å². The molecule has 2 heterocycles. The highest BCUT2D eigenvalue weighted by Gasteiger charge is 2.52. The Bertz CT molecular complexity index is 572. The first-order valence-corrected chi connectivity index (χ1v) is 6.32. The van der Waals surface area contributed by atoms with Crippen LogP contribution in [0.1, 0.15) is 27.7 Å². The summed E-state index contributed by atoms with van der Waals surface area (Å²) in [6, 6.07) is 8.24. The quantitative estimate of drug-likeness (QED) is 0.780. The predicted octanol–water partition coefficient (Wildman–Crippen LogP) is 2.47. The van der Waals surface area contributed by atoms with Gasteiger partial charge in [0, 0.05) is 6.20 Å². The Morgan fingerprint density at radius 2 is 1.61 bits per heavy atom. The molecular formula is C14H18BNO2. The third-order valence-corrected chi connectivity index (χ3v) is 4.12. The van der Waals surface area contributed by atoms with Crippen LogP contribution in [0.25, 0.3) is 10.8 Å². The number of hydrogen-bond acceptors (Lipinski definition) is 2. The number of fused-ring (bicyclic) bond motifs is 1. The Morgan fingerprint density at radius 3 is 2.28 bits per heavy atom. The minimum atomic E-state index is -0.324. The summed E-state index contributed by atoms with van der Waals surface area (Å²) in [6.45, 7) is 8.27. The standard InChI is InChI=1S/C14H18BNO2/c1-13(2)14(3,4)18-15(17-13)12-11-8-6-5-7-10(11)9-16-12/h5-9,16H,1-4H3. The first-order valence-electron chi connectivity index (χ1n) is 6.32. The predicted molar refractivity (Wildman–Crippen MR) is 74.0 cm³/mol. The van der Waals surface area contributed by atoms with Gasteiger partial charge in [-0.2, -0.15) is 0 Å². The van der Waals surface area contributed by atoms with Gasteiger partial charge in [-0.1, -0.05) is 24.3 Å². The molecule has 0 bridgehead atoms. The molecule has 1 N–H and O–H groups in total. The average Bonchev–Trinajstić information content (AvgIpc) is 2.78. The number of aromatic nitrogens is 1. The fraction of sp³-hybridized carbons (Fsp3) is 0.429. The minimum Gasteiger partial charge on any atom is -0.398 e. The van der Waals surface area contributed by atoms with Crippen molar-refractivity contribution in [3.8, 4) is 0 Å². The number of rotatable bonds is 1. The molecule has 1 saturated heterocycles. The lowest BCUT2D eigenvalue weighted by Crippen LogP contribution is -2.41. The zero-order valence-electron chi connectivity index (χ0n) is 11.3. The molecule has 94 valence electrons. The Labute approximate surface area is 108 Å². The molecule has 1 aromatic heterocycles. The van der Waals surface area contributed by atoms with Gasteiger partial charge in [0.1, 0.15) is 0 Å². The van der Waals surface area contributed by atoms with E-state index in [-0.39, 0.29) is 18.3 Å². The van der Waals surface area contributed by atoms with Gasteiger partial charge < -0.3 is 14.3 Å². The summed E-state index contributed by atoms with van der Waals surface area (Å²) in [5, 5.41) is 2.35. The van der Waals surface area contributed by atoms with E-state index in [1.54, 1.807) is 0 Å². The second-order valence-electron chi connectivity index (χ2n) is 5.88. The lowest BCUT2D eigenvalue weighted by atomic mass is 9.82. The van der Waals surface area contributed by atoms with Gasteiger partial charge in [0.25, 0.3) is 0 Å². The Hall–Kier alpha value is -1.26. The van der Waals surface area contributed by atoms with Gasteiger partial charge >= 0.3 is 7.12 Å². The van der Waals surface area contributed by atoms with Crippen LogP contribution < -0.4 is 5.59 Å². The van der Waals surface area contributed by atoms with Crippen molar-refractivity contribution in [1.82, 2.24) is 4.98 Å². The van der Waals surface area contributed by atoms with Crippen molar-refractivity contribution in [2.45, 2.75) is 38.9 Å². The van der Waals surface area contributed by atoms with Crippen molar-refractivity contribution in [3.05, 3.63) is 30.5 Å². The number of aromatic amines is 1. The van der Waals surface area contributed by atoms with Crippen molar-refractivity contribution < 1.29 is 9.31 Å². The summed E-state index contributed by atoms with van der Waals surface area (Å²) in [6.07, 6.45) is 2.00. The molecular weight excluding hydrogens is 225 g/mol. The lowest BCUT2D eigenvalue weighted by molar-refractivity contribution is 0.00578. The number of benzene rings is 1. The SMILES string of the molecule is CC1(C)OB(c2[nH]cc3ccccc23)OC1(C)C. The summed E-state index contributed by atoms with van der Waals surface area (Å²) in [7, 11) is -0.324. The van der Waals surface area contributed by atoms with Gasteiger partial charge in [-0.15, -0.1) is 0 Å². The molecule has 3 nitrogen and oxygen atoms in total. The van der Waals surface area contributed by atoms with E-state index in [4.69, 9.17) is 9.31 Å². The second-order valence-corrected chi connectivity index (χ2v) is 5.88. The van der Waals surface area contributed by atoms with Crippen LogP contribution in [0.4, 0.5) is 0 Å². The smallest absolute Gasteiger partial charge is 0.398 e. The molecule has 0 radical (unpaired) electrons. The van der Waals surface area contributed by atoms with Gasteiger partial charge in [-0.3, -0.25) is 0 Å². The molecule has 1 aliphatic heterocycles. The fourth-order valence-electron chi connectivity index (χ4n) is 2.26. The topological polar surface area (TPSA) is 34.2 Å². The average molecular weight is 243 g/mol. The van der Waals surface area contributed by atoms with E-state index >= 15 is 0 Å². The highest BCUT2D eigenvalue weighted by atomic mass is 16.7. The zero-order valence-corrected chi connectivity index (χ0v) is 11.3. The Kier molecular flexibility index (Phi) is 2.38. The molecule has 4 heteroatoms. The molecule has 1 aliphatic rings. The number of H-pyrrole nitrogens is 1. The van der Waals surface area contributed by atoms with Crippen LogP contribution in [0.3, 0.4) is 0 Å². The molecule has 0 amide bonds. The van der Waals surface area contributed by atoms with Gasteiger partial charge in [-0.25, -0.2) is 0 Å². The largest absolute Gasteiger partial charge is 0.512 e. The van der Waals surface area contributed by atoms with Crippen LogP contribution in [0.2, 0.25) is 0 Å².